The lowest BCUT2D eigenvalue weighted by Crippen LogP contribution is -1.82. The molecule has 4 heteroatoms. The molecule has 3 rings (SSSR count). The molecule has 0 atom stereocenters. The molecule has 2 nitrogen and oxygen atoms in total. The van der Waals surface area contributed by atoms with Gasteiger partial charge in [0.25, 0.3) is 0 Å². The van der Waals surface area contributed by atoms with E-state index in [1.807, 2.05) is 59.3 Å². The highest BCUT2D eigenvalue weighted by Gasteiger charge is 2.10. The van der Waals surface area contributed by atoms with Crippen molar-refractivity contribution < 1.29 is 0 Å². The summed E-state index contributed by atoms with van der Waals surface area (Å²) < 4.78 is 2.00. The van der Waals surface area contributed by atoms with Gasteiger partial charge in [-0.25, -0.2) is 0 Å². The standard InChI is InChI=1S/C16H11ClN2S/c17-13-4-6-14(7-5-13)20-11-12-10-19-8-2-1-3-16(19)15(12)9-18/h1-8,10H,11H2. The van der Waals surface area contributed by atoms with E-state index in [0.717, 1.165) is 32.3 Å². The van der Waals surface area contributed by atoms with E-state index in [-0.39, 0.29) is 0 Å². The van der Waals surface area contributed by atoms with Gasteiger partial charge in [-0.05, 0) is 42.0 Å². The first-order valence-corrected chi connectivity index (χ1v) is 7.51. The second kappa shape index (κ2) is 5.62. The quantitative estimate of drug-likeness (QED) is 0.652. The lowest BCUT2D eigenvalue weighted by molar-refractivity contribution is 1.18. The number of thioether (sulfide) groups is 1. The van der Waals surface area contributed by atoms with E-state index in [1.165, 1.54) is 0 Å². The summed E-state index contributed by atoms with van der Waals surface area (Å²) in [6.45, 7) is 0. The van der Waals surface area contributed by atoms with E-state index in [4.69, 9.17) is 11.6 Å². The number of nitrogens with zero attached hydrogens (tertiary/aromatic N) is 2. The normalized spacial score (nSPS) is 10.6. The number of halogens is 1. The van der Waals surface area contributed by atoms with E-state index in [9.17, 15) is 5.26 Å². The third kappa shape index (κ3) is 2.53. The highest BCUT2D eigenvalue weighted by molar-refractivity contribution is 7.98. The van der Waals surface area contributed by atoms with Gasteiger partial charge in [-0.15, -0.1) is 11.8 Å². The number of fused-ring (bicyclic) bond motifs is 1. The fourth-order valence-electron chi connectivity index (χ4n) is 2.11. The zero-order valence-electron chi connectivity index (χ0n) is 10.6. The SMILES string of the molecule is N#Cc1c(CSc2ccc(Cl)cc2)cn2ccccc12. The molecule has 0 bridgehead atoms. The van der Waals surface area contributed by atoms with Gasteiger partial charge in [-0.1, -0.05) is 17.7 Å². The van der Waals surface area contributed by atoms with Crippen molar-refractivity contribution in [1.82, 2.24) is 4.40 Å². The van der Waals surface area contributed by atoms with Crippen LogP contribution in [0.4, 0.5) is 0 Å². The Morgan fingerprint density at radius 1 is 1.15 bits per heavy atom. The Kier molecular flexibility index (Phi) is 3.68. The van der Waals surface area contributed by atoms with Crippen LogP contribution >= 0.6 is 23.4 Å². The molecule has 0 N–H and O–H groups in total. The minimum Gasteiger partial charge on any atom is -0.322 e. The molecular formula is C16H11ClN2S. The summed E-state index contributed by atoms with van der Waals surface area (Å²) in [4.78, 5) is 1.15. The summed E-state index contributed by atoms with van der Waals surface area (Å²) in [5.41, 5.74) is 2.77. The van der Waals surface area contributed by atoms with Crippen molar-refractivity contribution in [3.63, 3.8) is 0 Å². The van der Waals surface area contributed by atoms with Crippen LogP contribution in [0.25, 0.3) is 5.52 Å². The molecule has 0 radical (unpaired) electrons. The summed E-state index contributed by atoms with van der Waals surface area (Å²) in [6, 6.07) is 15.9. The fraction of sp³-hybridized carbons (Fsp3) is 0.0625. The van der Waals surface area contributed by atoms with Crippen LogP contribution in [0.3, 0.4) is 0 Å². The smallest absolute Gasteiger partial charge is 0.102 e. The molecular weight excluding hydrogens is 288 g/mol. The fourth-order valence-corrected chi connectivity index (χ4v) is 3.10. The molecule has 0 saturated heterocycles. The van der Waals surface area contributed by atoms with Crippen LogP contribution in [0.2, 0.25) is 5.02 Å². The van der Waals surface area contributed by atoms with Crippen molar-refractivity contribution in [2.75, 3.05) is 0 Å². The van der Waals surface area contributed by atoms with Crippen LogP contribution < -0.4 is 0 Å². The number of nitriles is 1. The zero-order valence-corrected chi connectivity index (χ0v) is 12.2. The highest BCUT2D eigenvalue weighted by Crippen LogP contribution is 2.27. The first-order valence-electron chi connectivity index (χ1n) is 6.15. The lowest BCUT2D eigenvalue weighted by atomic mass is 10.2. The molecule has 1 aromatic carbocycles. The molecule has 20 heavy (non-hydrogen) atoms. The number of aromatic nitrogens is 1. The Balaban J connectivity index is 1.87. The summed E-state index contributed by atoms with van der Waals surface area (Å²) in [5, 5.41) is 10.1. The minimum absolute atomic E-state index is 0.738. The maximum absolute atomic E-state index is 9.35. The molecule has 0 aliphatic carbocycles. The van der Waals surface area contributed by atoms with Crippen molar-refractivity contribution in [2.45, 2.75) is 10.6 Å². The van der Waals surface area contributed by atoms with Gasteiger partial charge in [0.1, 0.15) is 6.07 Å². The molecule has 98 valence electrons. The van der Waals surface area contributed by atoms with Crippen molar-refractivity contribution in [3.8, 4) is 6.07 Å². The molecule has 0 amide bonds. The van der Waals surface area contributed by atoms with Gasteiger partial charge < -0.3 is 4.40 Å². The Labute approximate surface area is 126 Å². The van der Waals surface area contributed by atoms with Crippen LogP contribution in [0.1, 0.15) is 11.1 Å². The summed E-state index contributed by atoms with van der Waals surface area (Å²) in [7, 11) is 0. The molecule has 0 saturated carbocycles. The number of benzene rings is 1. The van der Waals surface area contributed by atoms with Crippen molar-refractivity contribution in [2.24, 2.45) is 0 Å². The number of pyridine rings is 1. The Hall–Kier alpha value is -1.89. The second-order valence-corrected chi connectivity index (χ2v) is 5.86. The van der Waals surface area contributed by atoms with E-state index in [0.29, 0.717) is 0 Å². The van der Waals surface area contributed by atoms with Gasteiger partial charge >= 0.3 is 0 Å². The van der Waals surface area contributed by atoms with Gasteiger partial charge in [0, 0.05) is 28.1 Å². The second-order valence-electron chi connectivity index (χ2n) is 4.38. The third-order valence-electron chi connectivity index (χ3n) is 3.08. The monoisotopic (exact) mass is 298 g/mol. The predicted octanol–water partition coefficient (Wildman–Crippen LogP) is 4.76. The van der Waals surface area contributed by atoms with Crippen LogP contribution in [0.5, 0.6) is 0 Å². The topological polar surface area (TPSA) is 28.2 Å². The van der Waals surface area contributed by atoms with E-state index >= 15 is 0 Å². The summed E-state index contributed by atoms with van der Waals surface area (Å²) in [5.74, 6) is 0.770. The van der Waals surface area contributed by atoms with E-state index < -0.39 is 0 Å². The van der Waals surface area contributed by atoms with Gasteiger partial charge in [-0.2, -0.15) is 5.26 Å². The van der Waals surface area contributed by atoms with Gasteiger partial charge in [0.05, 0.1) is 11.1 Å². The van der Waals surface area contributed by atoms with Crippen molar-refractivity contribution in [1.29, 1.82) is 5.26 Å². The first kappa shape index (κ1) is 13.1. The molecule has 2 aromatic heterocycles. The van der Waals surface area contributed by atoms with Gasteiger partial charge in [0.15, 0.2) is 0 Å². The average Bonchev–Trinajstić information content (AvgIpc) is 2.84. The molecule has 0 aliphatic heterocycles. The van der Waals surface area contributed by atoms with Crippen LogP contribution in [0.15, 0.2) is 59.8 Å². The number of hydrogen-bond acceptors (Lipinski definition) is 2. The number of rotatable bonds is 3. The third-order valence-corrected chi connectivity index (χ3v) is 4.39. The lowest BCUT2D eigenvalue weighted by Gasteiger charge is -2.00. The van der Waals surface area contributed by atoms with Crippen LogP contribution in [0, 0.1) is 11.3 Å². The number of hydrogen-bond donors (Lipinski definition) is 0. The molecule has 0 unspecified atom stereocenters. The molecule has 0 spiro atoms. The van der Waals surface area contributed by atoms with Crippen molar-refractivity contribution >= 4 is 28.9 Å². The van der Waals surface area contributed by atoms with Crippen LogP contribution in [-0.4, -0.2) is 4.40 Å². The molecule has 0 aliphatic rings. The Morgan fingerprint density at radius 3 is 2.70 bits per heavy atom. The molecule has 3 aromatic rings. The van der Waals surface area contributed by atoms with Crippen molar-refractivity contribution in [3.05, 3.63) is 71.0 Å². The average molecular weight is 299 g/mol. The van der Waals surface area contributed by atoms with E-state index in [1.54, 1.807) is 11.8 Å². The molecule has 0 fully saturated rings. The molecule has 2 heterocycles. The first-order chi connectivity index (χ1) is 9.78. The van der Waals surface area contributed by atoms with Crippen LogP contribution in [-0.2, 0) is 5.75 Å². The summed E-state index contributed by atoms with van der Waals surface area (Å²) >= 11 is 7.58. The van der Waals surface area contributed by atoms with Gasteiger partial charge in [0.2, 0.25) is 0 Å². The van der Waals surface area contributed by atoms with Gasteiger partial charge in [-0.3, -0.25) is 0 Å². The van der Waals surface area contributed by atoms with E-state index in [2.05, 4.69) is 6.07 Å². The Bertz CT molecular complexity index is 784. The Morgan fingerprint density at radius 2 is 1.95 bits per heavy atom. The maximum atomic E-state index is 9.35. The largest absolute Gasteiger partial charge is 0.322 e. The maximum Gasteiger partial charge on any atom is 0.102 e. The highest BCUT2D eigenvalue weighted by atomic mass is 35.5. The minimum atomic E-state index is 0.738. The summed E-state index contributed by atoms with van der Waals surface area (Å²) in [6.07, 6.45) is 3.99. The predicted molar refractivity (Wildman–Crippen MR) is 83.1 cm³/mol. The zero-order chi connectivity index (χ0) is 13.9.